The van der Waals surface area contributed by atoms with Gasteiger partial charge in [0, 0.05) is 32.2 Å². The maximum atomic E-state index is 13.6. The maximum absolute atomic E-state index is 13.6. The highest BCUT2D eigenvalue weighted by Gasteiger charge is 2.29. The number of hydrogen-bond acceptors (Lipinski definition) is 31. The number of methoxy groups -OCH3 is 1. The van der Waals surface area contributed by atoms with E-state index in [4.69, 9.17) is 118 Å². The third kappa shape index (κ3) is 74.5. The van der Waals surface area contributed by atoms with E-state index in [0.717, 1.165) is 5.56 Å². The predicted octanol–water partition coefficient (Wildman–Crippen LogP) is 3.36. The molecule has 0 aliphatic heterocycles. The van der Waals surface area contributed by atoms with Crippen molar-refractivity contribution in [2.75, 3.05) is 335 Å². The molecule has 1 aromatic rings. The van der Waals surface area contributed by atoms with Gasteiger partial charge in [-0.1, -0.05) is 39.8 Å². The summed E-state index contributed by atoms with van der Waals surface area (Å²) in [6, 6.07) is 5.09. The molecule has 0 saturated heterocycles. The molecule has 111 heavy (non-hydrogen) atoms. The fourth-order valence-electron chi connectivity index (χ4n) is 8.82. The lowest BCUT2D eigenvalue weighted by molar-refractivity contribution is -0.148. The first-order valence-corrected chi connectivity index (χ1v) is 39.9. The van der Waals surface area contributed by atoms with Gasteiger partial charge in [-0.15, -0.1) is 0 Å². The van der Waals surface area contributed by atoms with Gasteiger partial charge in [0.15, 0.2) is 0 Å². The van der Waals surface area contributed by atoms with Crippen LogP contribution in [0.3, 0.4) is 0 Å². The normalized spacial score (nSPS) is 12.1. The first-order valence-electron chi connectivity index (χ1n) is 39.3. The molecule has 0 aliphatic carbocycles. The van der Waals surface area contributed by atoms with Gasteiger partial charge < -0.3 is 140 Å². The van der Waals surface area contributed by atoms with Crippen molar-refractivity contribution < 1.29 is 142 Å². The van der Waals surface area contributed by atoms with Crippen molar-refractivity contribution in [1.82, 2.24) is 16.0 Å². The lowest BCUT2D eigenvalue weighted by atomic mass is 10.0. The number of ether oxygens (including phenoxy) is 25. The Kier molecular flexibility index (Phi) is 79.3. The van der Waals surface area contributed by atoms with E-state index >= 15 is 0 Å². The van der Waals surface area contributed by atoms with E-state index in [0.29, 0.717) is 341 Å². The monoisotopic (exact) mass is 1620 g/mol. The van der Waals surface area contributed by atoms with Crippen LogP contribution in [0.15, 0.2) is 24.3 Å². The second kappa shape index (κ2) is 83.9. The molecule has 0 aliphatic rings. The number of amides is 4. The number of hydrogen-bond donors (Lipinski definition) is 5. The van der Waals surface area contributed by atoms with Crippen LogP contribution in [0.5, 0.6) is 0 Å². The number of benzene rings is 1. The number of carbonyl (C=O) groups excluding carboxylic acids is 5. The Morgan fingerprint density at radius 2 is 0.622 bits per heavy atom. The summed E-state index contributed by atoms with van der Waals surface area (Å²) in [4.78, 5) is 64.0. The molecule has 0 saturated carbocycles. The van der Waals surface area contributed by atoms with E-state index in [1.165, 1.54) is 0 Å². The van der Waals surface area contributed by atoms with Gasteiger partial charge in [0.25, 0.3) is 0 Å². The molecule has 0 unspecified atom stereocenters. The zero-order chi connectivity index (χ0) is 80.3. The fraction of sp³-hybridized carbons (Fsp3) is 0.855. The van der Waals surface area contributed by atoms with Crippen LogP contribution in [0, 0.1) is 11.8 Å². The smallest absolute Gasteiger partial charge is 0.308 e. The first kappa shape index (κ1) is 105. The quantitative estimate of drug-likeness (QED) is 0.0354. The second-order valence-electron chi connectivity index (χ2n) is 24.8. The minimum atomic E-state index is -0.929. The summed E-state index contributed by atoms with van der Waals surface area (Å²) in [5, 5.41) is 11.4. The van der Waals surface area contributed by atoms with Gasteiger partial charge in [-0.25, -0.2) is 0 Å². The third-order valence-electron chi connectivity index (χ3n) is 14.9. The Labute approximate surface area is 665 Å². The highest BCUT2D eigenvalue weighted by Crippen LogP contribution is 2.14. The van der Waals surface area contributed by atoms with Crippen LogP contribution in [0.2, 0.25) is 0 Å². The van der Waals surface area contributed by atoms with Crippen LogP contribution < -0.4 is 21.3 Å². The number of nitrogens with one attached hydrogen (secondary N) is 4. The Morgan fingerprint density at radius 1 is 0.333 bits per heavy atom. The van der Waals surface area contributed by atoms with Gasteiger partial charge in [0.05, 0.1) is 316 Å². The average molecular weight is 1620 g/mol. The second-order valence-corrected chi connectivity index (χ2v) is 25.2. The SMILES string of the molecule is COCCOCCOCCOCCOCCOCCOCCOCCOCCOCCOCCOCCOCCOCCOCCOCCOCCOCCOCCOCCOCCOCCOCCOCCC(=O)NCCCC[C@H](NC(=O)[C@@H](NC(=O)CCCS)C(C)C)C(=O)Nc1ccc(COC(=O)C(C)C)cc1. The highest BCUT2D eigenvalue weighted by atomic mass is 32.1. The number of esters is 1. The van der Waals surface area contributed by atoms with Crippen LogP contribution in [0.4, 0.5) is 5.69 Å². The molecule has 0 bridgehead atoms. The molecule has 0 spiro atoms. The van der Waals surface area contributed by atoms with Gasteiger partial charge >= 0.3 is 5.97 Å². The zero-order valence-electron chi connectivity index (χ0n) is 67.4. The molecule has 2 atom stereocenters. The molecule has 4 amide bonds. The van der Waals surface area contributed by atoms with Crippen LogP contribution >= 0.6 is 12.6 Å². The molecule has 0 heterocycles. The number of carbonyl (C=O) groups is 5. The van der Waals surface area contributed by atoms with Crippen molar-refractivity contribution in [2.24, 2.45) is 11.8 Å². The lowest BCUT2D eigenvalue weighted by Crippen LogP contribution is -2.54. The van der Waals surface area contributed by atoms with Gasteiger partial charge in [-0.3, -0.25) is 24.0 Å². The number of rotatable bonds is 89. The summed E-state index contributed by atoms with van der Waals surface area (Å²) in [5.74, 6) is -1.63. The minimum Gasteiger partial charge on any atom is -0.461 e. The van der Waals surface area contributed by atoms with Crippen molar-refractivity contribution in [3.05, 3.63) is 29.8 Å². The van der Waals surface area contributed by atoms with Crippen molar-refractivity contribution in [3.8, 4) is 0 Å². The Hall–Kier alpha value is -4.04. The average Bonchev–Trinajstić information content (AvgIpc) is 0.857. The van der Waals surface area contributed by atoms with Crippen molar-refractivity contribution in [3.63, 3.8) is 0 Å². The van der Waals surface area contributed by atoms with E-state index in [-0.39, 0.29) is 62.1 Å². The van der Waals surface area contributed by atoms with Crippen LogP contribution in [0.1, 0.15) is 71.8 Å². The van der Waals surface area contributed by atoms with E-state index in [1.54, 1.807) is 45.2 Å². The zero-order valence-corrected chi connectivity index (χ0v) is 68.3. The van der Waals surface area contributed by atoms with Gasteiger partial charge in [-0.2, -0.15) is 12.6 Å². The topological polar surface area (TPSA) is 364 Å². The molecule has 35 heteroatoms. The van der Waals surface area contributed by atoms with Crippen molar-refractivity contribution in [2.45, 2.75) is 84.9 Å². The molecule has 1 rings (SSSR count). The van der Waals surface area contributed by atoms with E-state index in [2.05, 4.69) is 33.9 Å². The molecular formula is C76H140N4O30S. The molecule has 0 aromatic heterocycles. The molecule has 1 aromatic carbocycles. The molecular weight excluding hydrogens is 1480 g/mol. The van der Waals surface area contributed by atoms with Crippen molar-refractivity contribution >= 4 is 47.9 Å². The van der Waals surface area contributed by atoms with E-state index in [9.17, 15) is 24.0 Å². The number of unbranched alkanes of at least 4 members (excludes halogenated alkanes) is 1. The van der Waals surface area contributed by atoms with E-state index < -0.39 is 23.9 Å². The van der Waals surface area contributed by atoms with Gasteiger partial charge in [0.2, 0.25) is 23.6 Å². The predicted molar refractivity (Wildman–Crippen MR) is 414 cm³/mol. The number of thiol groups is 1. The van der Waals surface area contributed by atoms with Crippen LogP contribution in [-0.4, -0.2) is 372 Å². The Morgan fingerprint density at radius 3 is 0.892 bits per heavy atom. The van der Waals surface area contributed by atoms with Gasteiger partial charge in [-0.05, 0) is 55.1 Å². The standard InChI is InChI=1S/C76H140N4O30S/c1-66(2)73(80-72(82)10-8-64-111)75(84)79-70(74(83)78-69-13-11-68(12-14-69)65-110-76(85)67(3)4)9-6-7-16-77-71(81)15-17-87-20-21-89-24-25-91-28-29-93-32-33-95-36-37-97-40-41-99-44-45-101-48-49-103-52-53-105-56-57-107-60-61-109-63-62-108-59-58-106-55-54-104-51-50-102-47-46-100-43-42-98-39-38-96-35-34-94-31-30-92-27-26-90-23-22-88-19-18-86-5/h11-14,66-67,70,73,111H,6-10,15-65H2,1-5H3,(H,77,81)(H,78,83)(H,79,84)(H,80,82)/t70-,73-/m0/s1. The highest BCUT2D eigenvalue weighted by molar-refractivity contribution is 7.80. The fourth-order valence-corrected chi connectivity index (χ4v) is 8.98. The molecule has 0 fully saturated rings. The summed E-state index contributed by atoms with van der Waals surface area (Å²) < 4.78 is 137. The summed E-state index contributed by atoms with van der Waals surface area (Å²) in [6.45, 7) is 29.4. The van der Waals surface area contributed by atoms with Crippen LogP contribution in [-0.2, 0) is 149 Å². The largest absolute Gasteiger partial charge is 0.461 e. The lowest BCUT2D eigenvalue weighted by Gasteiger charge is -2.25. The minimum absolute atomic E-state index is 0.100. The molecule has 0 radical (unpaired) electrons. The van der Waals surface area contributed by atoms with Crippen molar-refractivity contribution in [1.29, 1.82) is 0 Å². The summed E-state index contributed by atoms with van der Waals surface area (Å²) >= 11 is 4.17. The number of anilines is 1. The summed E-state index contributed by atoms with van der Waals surface area (Å²) in [6.07, 6.45) is 2.29. The molecule has 4 N–H and O–H groups in total. The first-order chi connectivity index (χ1) is 54.5. The van der Waals surface area contributed by atoms with E-state index in [1.807, 2.05) is 13.8 Å². The van der Waals surface area contributed by atoms with Gasteiger partial charge in [0.1, 0.15) is 18.7 Å². The van der Waals surface area contributed by atoms with Crippen LogP contribution in [0.25, 0.3) is 0 Å². The maximum Gasteiger partial charge on any atom is 0.308 e. The summed E-state index contributed by atoms with van der Waals surface area (Å²) in [7, 11) is 1.64. The summed E-state index contributed by atoms with van der Waals surface area (Å²) in [5.41, 5.74) is 1.24. The Balaban J connectivity index is 1.80. The molecule has 34 nitrogen and oxygen atoms in total. The Bertz CT molecular complexity index is 2210. The molecule has 650 valence electrons. The third-order valence-corrected chi connectivity index (χ3v) is 15.2.